The van der Waals surface area contributed by atoms with E-state index < -0.39 is 0 Å². The number of hydrogen-bond donors (Lipinski definition) is 2. The molecule has 0 spiro atoms. The summed E-state index contributed by atoms with van der Waals surface area (Å²) in [7, 11) is 0. The van der Waals surface area contributed by atoms with Crippen LogP contribution in [0.4, 0.5) is 0 Å². The fraction of sp³-hybridized carbons (Fsp3) is 0.391. The van der Waals surface area contributed by atoms with Crippen LogP contribution in [0.15, 0.2) is 42.5 Å². The van der Waals surface area contributed by atoms with Crippen LogP contribution in [0.2, 0.25) is 0 Å². The Labute approximate surface area is 173 Å². The second kappa shape index (κ2) is 10.4. The van der Waals surface area contributed by atoms with Crippen LogP contribution in [0.5, 0.6) is 0 Å². The molecule has 1 aliphatic heterocycles. The van der Waals surface area contributed by atoms with Crippen molar-refractivity contribution < 1.29 is 9.59 Å². The minimum atomic E-state index is -0.0848. The van der Waals surface area contributed by atoms with E-state index in [0.717, 1.165) is 25.1 Å². The fourth-order valence-electron chi connectivity index (χ4n) is 3.42. The number of benzene rings is 2. The van der Waals surface area contributed by atoms with Crippen LogP contribution >= 0.6 is 12.4 Å². The second-order valence-electron chi connectivity index (χ2n) is 7.70. The van der Waals surface area contributed by atoms with Crippen molar-refractivity contribution in [1.82, 2.24) is 10.6 Å². The lowest BCUT2D eigenvalue weighted by Gasteiger charge is -2.08. The van der Waals surface area contributed by atoms with E-state index in [1.54, 1.807) is 0 Å². The Morgan fingerprint density at radius 3 is 2.36 bits per heavy atom. The summed E-state index contributed by atoms with van der Waals surface area (Å²) in [6, 6.07) is 14.1. The lowest BCUT2D eigenvalue weighted by atomic mass is 9.99. The van der Waals surface area contributed by atoms with Crippen LogP contribution in [0.3, 0.4) is 0 Å². The van der Waals surface area contributed by atoms with E-state index in [-0.39, 0.29) is 36.9 Å². The summed E-state index contributed by atoms with van der Waals surface area (Å²) in [5.41, 5.74) is 5.65. The highest BCUT2D eigenvalue weighted by Crippen LogP contribution is 2.17. The van der Waals surface area contributed by atoms with Crippen molar-refractivity contribution in [3.05, 3.63) is 70.3 Å². The quantitative estimate of drug-likeness (QED) is 0.653. The van der Waals surface area contributed by atoms with Gasteiger partial charge in [0.1, 0.15) is 0 Å². The molecule has 4 nitrogen and oxygen atoms in total. The molecule has 0 aliphatic carbocycles. The van der Waals surface area contributed by atoms with Crippen molar-refractivity contribution in [3.8, 4) is 0 Å². The molecule has 0 unspecified atom stereocenters. The minimum absolute atomic E-state index is 0. The molecule has 0 radical (unpaired) electrons. The molecule has 3 rings (SSSR count). The summed E-state index contributed by atoms with van der Waals surface area (Å²) in [5, 5.41) is 6.23. The van der Waals surface area contributed by atoms with Gasteiger partial charge in [-0.1, -0.05) is 56.3 Å². The Balaban J connectivity index is 0.00000280. The highest BCUT2D eigenvalue weighted by atomic mass is 35.5. The normalized spacial score (nSPS) is 12.4. The van der Waals surface area contributed by atoms with Gasteiger partial charge in [0.05, 0.1) is 0 Å². The number of ketones is 1. The number of carbonyl (C=O) groups excluding carboxylic acids is 2. The summed E-state index contributed by atoms with van der Waals surface area (Å²) in [6.07, 6.45) is 1.47. The summed E-state index contributed by atoms with van der Waals surface area (Å²) >= 11 is 0. The molecule has 0 fully saturated rings. The van der Waals surface area contributed by atoms with Gasteiger partial charge >= 0.3 is 0 Å². The maximum atomic E-state index is 12.3. The molecular weight excluding hydrogens is 372 g/mol. The lowest BCUT2D eigenvalue weighted by Crippen LogP contribution is -2.23. The van der Waals surface area contributed by atoms with Crippen molar-refractivity contribution in [2.45, 2.75) is 52.7 Å². The molecule has 2 N–H and O–H groups in total. The van der Waals surface area contributed by atoms with Gasteiger partial charge < -0.3 is 10.6 Å². The zero-order valence-corrected chi connectivity index (χ0v) is 17.4. The van der Waals surface area contributed by atoms with E-state index in [1.165, 1.54) is 16.7 Å². The van der Waals surface area contributed by atoms with Crippen molar-refractivity contribution in [3.63, 3.8) is 0 Å². The van der Waals surface area contributed by atoms with E-state index in [9.17, 15) is 9.59 Å². The monoisotopic (exact) mass is 400 g/mol. The van der Waals surface area contributed by atoms with Crippen LogP contribution in [0.25, 0.3) is 0 Å². The Morgan fingerprint density at radius 2 is 1.64 bits per heavy atom. The smallest absolute Gasteiger partial charge is 0.220 e. The Hall–Kier alpha value is -2.17. The summed E-state index contributed by atoms with van der Waals surface area (Å²) in [4.78, 5) is 24.4. The molecule has 0 aromatic heterocycles. The summed E-state index contributed by atoms with van der Waals surface area (Å²) < 4.78 is 0. The molecule has 1 amide bonds. The largest absolute Gasteiger partial charge is 0.352 e. The van der Waals surface area contributed by atoms with Crippen molar-refractivity contribution in [1.29, 1.82) is 0 Å². The topological polar surface area (TPSA) is 58.2 Å². The zero-order valence-electron chi connectivity index (χ0n) is 16.6. The van der Waals surface area contributed by atoms with Crippen LogP contribution in [0.1, 0.15) is 59.3 Å². The highest BCUT2D eigenvalue weighted by Gasteiger charge is 2.12. The average Bonchev–Trinajstić information content (AvgIpc) is 3.12. The van der Waals surface area contributed by atoms with E-state index in [4.69, 9.17) is 0 Å². The van der Waals surface area contributed by atoms with Gasteiger partial charge in [0, 0.05) is 38.0 Å². The minimum Gasteiger partial charge on any atom is -0.352 e. The predicted molar refractivity (Wildman–Crippen MR) is 115 cm³/mol. The molecule has 28 heavy (non-hydrogen) atoms. The number of carbonyl (C=O) groups is 2. The average molecular weight is 401 g/mol. The van der Waals surface area contributed by atoms with Crippen LogP contribution in [-0.4, -0.2) is 11.7 Å². The standard InChI is InChI=1S/C23H28N2O2.ClH/c1-16(2)11-17-3-6-19(7-4-17)22(26)9-10-23(27)25-13-18-5-8-20-14-24-15-21(20)12-18;/h3-8,12,16,24H,9-11,13-15H2,1-2H3,(H,25,27);1H. The van der Waals surface area contributed by atoms with Crippen molar-refractivity contribution in [2.75, 3.05) is 0 Å². The second-order valence-corrected chi connectivity index (χ2v) is 7.70. The molecule has 0 bridgehead atoms. The summed E-state index contributed by atoms with van der Waals surface area (Å²) in [6.45, 7) is 6.67. The number of Topliss-reactive ketones (excluding diaryl/α,β-unsaturated/α-hetero) is 1. The number of halogens is 1. The molecule has 1 aliphatic rings. The van der Waals surface area contributed by atoms with E-state index >= 15 is 0 Å². The first-order valence-electron chi connectivity index (χ1n) is 9.71. The highest BCUT2D eigenvalue weighted by molar-refractivity contribution is 5.97. The molecule has 5 heteroatoms. The van der Waals surface area contributed by atoms with E-state index in [1.807, 2.05) is 24.3 Å². The SMILES string of the molecule is CC(C)Cc1ccc(C(=O)CCC(=O)NCc2ccc3c(c2)CNC3)cc1.Cl. The first kappa shape index (κ1) is 22.1. The molecule has 2 aromatic rings. The van der Waals surface area contributed by atoms with Gasteiger partial charge in [-0.2, -0.15) is 0 Å². The van der Waals surface area contributed by atoms with Gasteiger partial charge in [-0.15, -0.1) is 12.4 Å². The molecule has 0 saturated carbocycles. The summed E-state index contributed by atoms with van der Waals surface area (Å²) in [5.74, 6) is 0.528. The predicted octanol–water partition coefficient (Wildman–Crippen LogP) is 4.19. The number of fused-ring (bicyclic) bond motifs is 1. The molecule has 2 aromatic carbocycles. The van der Waals surface area contributed by atoms with Crippen LogP contribution in [-0.2, 0) is 30.8 Å². The van der Waals surface area contributed by atoms with Crippen molar-refractivity contribution >= 4 is 24.1 Å². The Bertz CT molecular complexity index is 816. The van der Waals surface area contributed by atoms with Crippen LogP contribution in [0, 0.1) is 5.92 Å². The van der Waals surface area contributed by atoms with Gasteiger partial charge in [0.15, 0.2) is 5.78 Å². The van der Waals surface area contributed by atoms with Gasteiger partial charge in [0.25, 0.3) is 0 Å². The third-order valence-electron chi connectivity index (χ3n) is 4.89. The maximum absolute atomic E-state index is 12.3. The molecular formula is C23H29ClN2O2. The number of nitrogens with one attached hydrogen (secondary N) is 2. The zero-order chi connectivity index (χ0) is 19.2. The third kappa shape index (κ3) is 6.18. The number of hydrogen-bond acceptors (Lipinski definition) is 3. The third-order valence-corrected chi connectivity index (χ3v) is 4.89. The molecule has 150 valence electrons. The van der Waals surface area contributed by atoms with Gasteiger partial charge in [0.2, 0.25) is 5.91 Å². The first-order valence-corrected chi connectivity index (χ1v) is 9.71. The molecule has 0 saturated heterocycles. The van der Waals surface area contributed by atoms with Crippen molar-refractivity contribution in [2.24, 2.45) is 5.92 Å². The van der Waals surface area contributed by atoms with Crippen LogP contribution < -0.4 is 10.6 Å². The Kier molecular flexibility index (Phi) is 8.21. The van der Waals surface area contributed by atoms with Gasteiger partial charge in [-0.05, 0) is 34.6 Å². The molecule has 1 heterocycles. The number of rotatable bonds is 8. The number of amides is 1. The van der Waals surface area contributed by atoms with E-state index in [2.05, 4.69) is 42.7 Å². The molecule has 0 atom stereocenters. The Morgan fingerprint density at radius 1 is 0.964 bits per heavy atom. The maximum Gasteiger partial charge on any atom is 0.220 e. The van der Waals surface area contributed by atoms with Gasteiger partial charge in [-0.3, -0.25) is 9.59 Å². The fourth-order valence-corrected chi connectivity index (χ4v) is 3.42. The first-order chi connectivity index (χ1) is 13.0. The lowest BCUT2D eigenvalue weighted by molar-refractivity contribution is -0.121. The van der Waals surface area contributed by atoms with E-state index in [0.29, 0.717) is 18.0 Å². The van der Waals surface area contributed by atoms with Gasteiger partial charge in [-0.25, -0.2) is 0 Å².